The van der Waals surface area contributed by atoms with Gasteiger partial charge in [-0.25, -0.2) is 4.79 Å². The van der Waals surface area contributed by atoms with E-state index >= 15 is 0 Å². The number of thioether (sulfide) groups is 1. The Kier molecular flexibility index (Phi) is 7.99. The summed E-state index contributed by atoms with van der Waals surface area (Å²) in [7, 11) is 0. The number of hydrogen-bond acceptors (Lipinski definition) is 3. The van der Waals surface area contributed by atoms with E-state index in [1.54, 1.807) is 11.8 Å². The number of aliphatic carboxylic acids is 1. The molecule has 1 N–H and O–H groups in total. The lowest BCUT2D eigenvalue weighted by Gasteiger charge is -2.13. The van der Waals surface area contributed by atoms with Crippen molar-refractivity contribution in [2.24, 2.45) is 5.92 Å². The molecule has 0 amide bonds. The fourth-order valence-electron chi connectivity index (χ4n) is 0.949. The van der Waals surface area contributed by atoms with Gasteiger partial charge in [0.25, 0.3) is 0 Å². The van der Waals surface area contributed by atoms with Crippen LogP contribution in [0, 0.1) is 5.92 Å². The average Bonchev–Trinajstić information content (AvgIpc) is 2.09. The summed E-state index contributed by atoms with van der Waals surface area (Å²) in [6, 6.07) is 0. The van der Waals surface area contributed by atoms with Crippen molar-refractivity contribution in [2.45, 2.75) is 32.8 Å². The molecule has 0 spiro atoms. The highest BCUT2D eigenvalue weighted by Crippen LogP contribution is 2.07. The van der Waals surface area contributed by atoms with Gasteiger partial charge in [-0.05, 0) is 30.8 Å². The molecule has 3 nitrogen and oxygen atoms in total. The minimum atomic E-state index is -0.845. The first kappa shape index (κ1) is 13.8. The van der Waals surface area contributed by atoms with Gasteiger partial charge in [-0.3, -0.25) is 0 Å². The van der Waals surface area contributed by atoms with Gasteiger partial charge in [0.15, 0.2) is 6.10 Å². The highest BCUT2D eigenvalue weighted by molar-refractivity contribution is 7.98. The minimum absolute atomic E-state index is 0.545. The number of ether oxygens (including phenoxy) is 1. The van der Waals surface area contributed by atoms with Gasteiger partial charge in [0.2, 0.25) is 0 Å². The van der Waals surface area contributed by atoms with Crippen LogP contribution in [0.4, 0.5) is 0 Å². The lowest BCUT2D eigenvalue weighted by atomic mass is 10.1. The van der Waals surface area contributed by atoms with Crippen LogP contribution in [0.2, 0.25) is 0 Å². The normalized spacial score (nSPS) is 13.1. The fourth-order valence-corrected chi connectivity index (χ4v) is 1.40. The summed E-state index contributed by atoms with van der Waals surface area (Å²) in [5.41, 5.74) is 0. The molecule has 84 valence electrons. The van der Waals surface area contributed by atoms with E-state index in [1.165, 1.54) is 0 Å². The molecule has 1 unspecified atom stereocenters. The number of carboxylic acid groups (broad SMARTS) is 1. The number of carbonyl (C=O) groups is 1. The highest BCUT2D eigenvalue weighted by atomic mass is 32.2. The zero-order valence-corrected chi connectivity index (χ0v) is 9.97. The molecule has 0 aliphatic rings. The van der Waals surface area contributed by atoms with Crippen molar-refractivity contribution in [2.75, 3.05) is 18.6 Å². The van der Waals surface area contributed by atoms with E-state index in [9.17, 15) is 4.79 Å². The molecule has 0 aliphatic heterocycles. The molecule has 0 radical (unpaired) electrons. The van der Waals surface area contributed by atoms with E-state index in [4.69, 9.17) is 9.84 Å². The second-order valence-corrected chi connectivity index (χ2v) is 4.65. The fraction of sp³-hybridized carbons (Fsp3) is 0.900. The molecule has 4 heteroatoms. The highest BCUT2D eigenvalue weighted by Gasteiger charge is 2.16. The SMILES string of the molecule is CSCCC(OCCC(C)C)C(=O)O. The first-order valence-corrected chi connectivity index (χ1v) is 6.30. The summed E-state index contributed by atoms with van der Waals surface area (Å²) >= 11 is 1.64. The lowest BCUT2D eigenvalue weighted by Crippen LogP contribution is -2.25. The Balaban J connectivity index is 3.68. The molecular weight excluding hydrogens is 200 g/mol. The van der Waals surface area contributed by atoms with Crippen LogP contribution in [0.15, 0.2) is 0 Å². The van der Waals surface area contributed by atoms with Crippen molar-refractivity contribution in [3.63, 3.8) is 0 Å². The third-order valence-corrected chi connectivity index (χ3v) is 2.52. The van der Waals surface area contributed by atoms with Gasteiger partial charge >= 0.3 is 5.97 Å². The van der Waals surface area contributed by atoms with Crippen LogP contribution >= 0.6 is 11.8 Å². The van der Waals surface area contributed by atoms with E-state index in [2.05, 4.69) is 13.8 Å². The van der Waals surface area contributed by atoms with E-state index < -0.39 is 12.1 Å². The Bertz CT molecular complexity index is 159. The summed E-state index contributed by atoms with van der Waals surface area (Å²) in [6.07, 6.45) is 2.85. The van der Waals surface area contributed by atoms with E-state index in [-0.39, 0.29) is 0 Å². The Labute approximate surface area is 90.2 Å². The smallest absolute Gasteiger partial charge is 0.332 e. The van der Waals surface area contributed by atoms with Crippen molar-refractivity contribution in [1.29, 1.82) is 0 Å². The van der Waals surface area contributed by atoms with Gasteiger partial charge in [0.1, 0.15) is 0 Å². The quantitative estimate of drug-likeness (QED) is 0.681. The maximum Gasteiger partial charge on any atom is 0.332 e. The molecule has 14 heavy (non-hydrogen) atoms. The van der Waals surface area contributed by atoms with Crippen molar-refractivity contribution >= 4 is 17.7 Å². The van der Waals surface area contributed by atoms with E-state index in [1.807, 2.05) is 6.26 Å². The van der Waals surface area contributed by atoms with Gasteiger partial charge < -0.3 is 9.84 Å². The second kappa shape index (κ2) is 8.12. The molecule has 1 atom stereocenters. The number of hydrogen-bond donors (Lipinski definition) is 1. The van der Waals surface area contributed by atoms with Crippen LogP contribution in [0.5, 0.6) is 0 Å². The third-order valence-electron chi connectivity index (χ3n) is 1.87. The largest absolute Gasteiger partial charge is 0.479 e. The summed E-state index contributed by atoms with van der Waals surface area (Å²) < 4.78 is 5.30. The monoisotopic (exact) mass is 220 g/mol. The summed E-state index contributed by atoms with van der Waals surface area (Å²) in [5.74, 6) is 0.548. The molecule has 0 rings (SSSR count). The Morgan fingerprint density at radius 3 is 2.50 bits per heavy atom. The van der Waals surface area contributed by atoms with Gasteiger partial charge in [-0.1, -0.05) is 13.8 Å². The molecule has 0 bridgehead atoms. The molecule has 0 saturated carbocycles. The summed E-state index contributed by atoms with van der Waals surface area (Å²) in [5, 5.41) is 8.83. The zero-order valence-electron chi connectivity index (χ0n) is 9.16. The lowest BCUT2D eigenvalue weighted by molar-refractivity contribution is -0.150. The van der Waals surface area contributed by atoms with E-state index in [0.717, 1.165) is 12.2 Å². The van der Waals surface area contributed by atoms with Crippen LogP contribution in [0.25, 0.3) is 0 Å². The van der Waals surface area contributed by atoms with Crippen LogP contribution in [-0.4, -0.2) is 35.8 Å². The Hall–Kier alpha value is -0.220. The zero-order chi connectivity index (χ0) is 11.0. The van der Waals surface area contributed by atoms with Gasteiger partial charge in [0.05, 0.1) is 0 Å². The number of rotatable bonds is 8. The van der Waals surface area contributed by atoms with Crippen molar-refractivity contribution in [3.8, 4) is 0 Å². The van der Waals surface area contributed by atoms with Crippen LogP contribution in [0.3, 0.4) is 0 Å². The molecule has 0 saturated heterocycles. The molecule has 0 heterocycles. The van der Waals surface area contributed by atoms with Crippen molar-refractivity contribution in [1.82, 2.24) is 0 Å². The summed E-state index contributed by atoms with van der Waals surface area (Å²) in [6.45, 7) is 4.74. The van der Waals surface area contributed by atoms with Crippen LogP contribution in [0.1, 0.15) is 26.7 Å². The minimum Gasteiger partial charge on any atom is -0.479 e. The molecule has 0 aromatic carbocycles. The predicted octanol–water partition coefficient (Wildman–Crippen LogP) is 2.26. The van der Waals surface area contributed by atoms with Crippen LogP contribution in [-0.2, 0) is 9.53 Å². The predicted molar refractivity (Wildman–Crippen MR) is 59.8 cm³/mol. The summed E-state index contributed by atoms with van der Waals surface area (Å²) in [4.78, 5) is 10.7. The topological polar surface area (TPSA) is 46.5 Å². The Morgan fingerprint density at radius 2 is 2.07 bits per heavy atom. The van der Waals surface area contributed by atoms with E-state index in [0.29, 0.717) is 18.9 Å². The molecule has 0 aromatic rings. The third kappa shape index (κ3) is 7.21. The second-order valence-electron chi connectivity index (χ2n) is 3.66. The maximum atomic E-state index is 10.7. The van der Waals surface area contributed by atoms with Crippen LogP contribution < -0.4 is 0 Å². The molecule has 0 aromatic heterocycles. The maximum absolute atomic E-state index is 10.7. The van der Waals surface area contributed by atoms with Crippen molar-refractivity contribution in [3.05, 3.63) is 0 Å². The average molecular weight is 220 g/mol. The molecule has 0 fully saturated rings. The van der Waals surface area contributed by atoms with Gasteiger partial charge in [-0.15, -0.1) is 0 Å². The first-order chi connectivity index (χ1) is 6.57. The molecule has 0 aliphatic carbocycles. The van der Waals surface area contributed by atoms with Gasteiger partial charge in [0, 0.05) is 6.61 Å². The van der Waals surface area contributed by atoms with Gasteiger partial charge in [-0.2, -0.15) is 11.8 Å². The molecular formula is C10H20O3S. The standard InChI is InChI=1S/C10H20O3S/c1-8(2)4-6-13-9(10(11)12)5-7-14-3/h8-9H,4-7H2,1-3H3,(H,11,12). The Morgan fingerprint density at radius 1 is 1.43 bits per heavy atom. The number of carboxylic acids is 1. The first-order valence-electron chi connectivity index (χ1n) is 4.91. The van der Waals surface area contributed by atoms with Crippen molar-refractivity contribution < 1.29 is 14.6 Å².